The average Bonchev–Trinajstić information content (AvgIpc) is 3.36. The lowest BCUT2D eigenvalue weighted by molar-refractivity contribution is 0.117. The van der Waals surface area contributed by atoms with Gasteiger partial charge in [-0.25, -0.2) is 13.5 Å². The Kier molecular flexibility index (Phi) is 5.73. The summed E-state index contributed by atoms with van der Waals surface area (Å²) >= 11 is 1.44. The van der Waals surface area contributed by atoms with Crippen molar-refractivity contribution < 1.29 is 13.5 Å². The molecule has 1 aliphatic heterocycles. The molecule has 1 saturated heterocycles. The van der Waals surface area contributed by atoms with Crippen LogP contribution in [-0.4, -0.2) is 30.1 Å². The van der Waals surface area contributed by atoms with E-state index in [1.54, 1.807) is 4.68 Å². The van der Waals surface area contributed by atoms with Gasteiger partial charge in [-0.2, -0.15) is 5.10 Å². The van der Waals surface area contributed by atoms with E-state index in [-0.39, 0.29) is 11.7 Å². The van der Waals surface area contributed by atoms with Crippen LogP contribution in [0.3, 0.4) is 0 Å². The van der Waals surface area contributed by atoms with E-state index in [1.165, 1.54) is 35.8 Å². The standard InChI is InChI=1S/C21H19F2N3OS/c22-18-9-4-10-19(23)17(18)13-25-26-20(15-6-2-1-3-7-15)14-28-21(26)24-12-16-8-5-11-27-16/h1-4,6-7,9-10,13-14,16H,5,8,11-12H2/t16-/m0/s1. The topological polar surface area (TPSA) is 38.9 Å². The SMILES string of the molecule is Fc1cccc(F)c1C=Nn1c(-c2ccccc2)csc1=NC[C@@H]1CCCO1. The predicted octanol–water partition coefficient (Wildman–Crippen LogP) is 4.46. The number of aromatic nitrogens is 1. The Bertz CT molecular complexity index is 1020. The van der Waals surface area contributed by atoms with Gasteiger partial charge in [0.25, 0.3) is 0 Å². The van der Waals surface area contributed by atoms with Crippen molar-refractivity contribution >= 4 is 17.6 Å². The third-order valence-corrected chi connectivity index (χ3v) is 5.37. The van der Waals surface area contributed by atoms with Crippen LogP contribution in [0, 0.1) is 11.6 Å². The fourth-order valence-electron chi connectivity index (χ4n) is 3.04. The van der Waals surface area contributed by atoms with Gasteiger partial charge < -0.3 is 4.74 Å². The minimum atomic E-state index is -0.654. The number of thiazole rings is 1. The molecule has 144 valence electrons. The zero-order chi connectivity index (χ0) is 19.3. The first-order valence-corrected chi connectivity index (χ1v) is 9.97. The molecule has 0 saturated carbocycles. The van der Waals surface area contributed by atoms with Gasteiger partial charge >= 0.3 is 0 Å². The maximum atomic E-state index is 14.0. The Balaban J connectivity index is 1.75. The monoisotopic (exact) mass is 399 g/mol. The molecule has 1 aliphatic rings. The fraction of sp³-hybridized carbons (Fsp3) is 0.238. The third-order valence-electron chi connectivity index (χ3n) is 4.51. The van der Waals surface area contributed by atoms with Crippen molar-refractivity contribution in [3.8, 4) is 11.3 Å². The highest BCUT2D eigenvalue weighted by molar-refractivity contribution is 7.07. The second-order valence-electron chi connectivity index (χ2n) is 6.44. The van der Waals surface area contributed by atoms with E-state index in [9.17, 15) is 8.78 Å². The van der Waals surface area contributed by atoms with E-state index in [4.69, 9.17) is 4.74 Å². The van der Waals surface area contributed by atoms with Gasteiger partial charge in [-0.1, -0.05) is 36.4 Å². The van der Waals surface area contributed by atoms with Crippen molar-refractivity contribution in [1.82, 2.24) is 4.68 Å². The summed E-state index contributed by atoms with van der Waals surface area (Å²) in [6.45, 7) is 1.31. The molecule has 4 nitrogen and oxygen atoms in total. The zero-order valence-corrected chi connectivity index (χ0v) is 15.9. The lowest BCUT2D eigenvalue weighted by Crippen LogP contribution is -2.17. The van der Waals surface area contributed by atoms with Crippen LogP contribution in [0.1, 0.15) is 18.4 Å². The van der Waals surface area contributed by atoms with Gasteiger partial charge in [0, 0.05) is 17.6 Å². The van der Waals surface area contributed by atoms with Crippen LogP contribution in [0.2, 0.25) is 0 Å². The Morgan fingerprint density at radius 2 is 1.89 bits per heavy atom. The van der Waals surface area contributed by atoms with E-state index in [2.05, 4.69) is 10.1 Å². The quantitative estimate of drug-likeness (QED) is 0.584. The van der Waals surface area contributed by atoms with Crippen LogP contribution >= 0.6 is 11.3 Å². The molecule has 0 N–H and O–H groups in total. The minimum absolute atomic E-state index is 0.115. The van der Waals surface area contributed by atoms with Gasteiger partial charge in [0.1, 0.15) is 11.6 Å². The Hall–Kier alpha value is -2.64. The normalized spacial score (nSPS) is 17.6. The predicted molar refractivity (Wildman–Crippen MR) is 106 cm³/mol. The first kappa shape index (κ1) is 18.7. The summed E-state index contributed by atoms with van der Waals surface area (Å²) in [6, 6.07) is 13.5. The molecule has 0 bridgehead atoms. The molecule has 0 spiro atoms. The molecule has 7 heteroatoms. The zero-order valence-electron chi connectivity index (χ0n) is 15.1. The molecule has 3 aromatic rings. The molecular formula is C21H19F2N3OS. The second kappa shape index (κ2) is 8.58. The molecule has 1 fully saturated rings. The highest BCUT2D eigenvalue weighted by Gasteiger charge is 2.15. The molecule has 0 unspecified atom stereocenters. The number of halogens is 2. The molecule has 0 aliphatic carbocycles. The number of ether oxygens (including phenoxy) is 1. The number of hydrogen-bond acceptors (Lipinski definition) is 4. The first-order chi connectivity index (χ1) is 13.7. The number of rotatable bonds is 5. The third kappa shape index (κ3) is 4.10. The van der Waals surface area contributed by atoms with Crippen molar-refractivity contribution in [3.63, 3.8) is 0 Å². The van der Waals surface area contributed by atoms with Gasteiger partial charge in [0.05, 0.1) is 30.1 Å². The van der Waals surface area contributed by atoms with E-state index in [0.29, 0.717) is 11.3 Å². The summed E-state index contributed by atoms with van der Waals surface area (Å²) in [5.41, 5.74) is 1.58. The average molecular weight is 399 g/mol. The summed E-state index contributed by atoms with van der Waals surface area (Å²) in [4.78, 5) is 5.30. The van der Waals surface area contributed by atoms with Gasteiger partial charge in [-0.3, -0.25) is 4.99 Å². The highest BCUT2D eigenvalue weighted by Crippen LogP contribution is 2.20. The summed E-state index contributed by atoms with van der Waals surface area (Å²) in [5, 5.41) is 6.31. The molecule has 0 amide bonds. The van der Waals surface area contributed by atoms with Gasteiger partial charge in [0.2, 0.25) is 4.80 Å². The molecule has 1 aromatic heterocycles. The van der Waals surface area contributed by atoms with Crippen LogP contribution in [0.5, 0.6) is 0 Å². The Morgan fingerprint density at radius 3 is 2.61 bits per heavy atom. The lowest BCUT2D eigenvalue weighted by atomic mass is 10.2. The number of benzene rings is 2. The van der Waals surface area contributed by atoms with Crippen molar-refractivity contribution in [2.24, 2.45) is 10.1 Å². The van der Waals surface area contributed by atoms with E-state index in [0.717, 1.165) is 30.7 Å². The second-order valence-corrected chi connectivity index (χ2v) is 7.27. The van der Waals surface area contributed by atoms with Crippen molar-refractivity contribution in [2.75, 3.05) is 13.2 Å². The molecule has 1 atom stereocenters. The molecule has 2 aromatic carbocycles. The van der Waals surface area contributed by atoms with Crippen LogP contribution in [0.4, 0.5) is 8.78 Å². The van der Waals surface area contributed by atoms with Crippen LogP contribution < -0.4 is 4.80 Å². The minimum Gasteiger partial charge on any atom is -0.376 e. The van der Waals surface area contributed by atoms with Crippen molar-refractivity contribution in [2.45, 2.75) is 18.9 Å². The number of nitrogens with zero attached hydrogens (tertiary/aromatic N) is 3. The summed E-state index contributed by atoms with van der Waals surface area (Å²) in [7, 11) is 0. The molecule has 2 heterocycles. The molecule has 0 radical (unpaired) electrons. The van der Waals surface area contributed by atoms with E-state index < -0.39 is 11.6 Å². The van der Waals surface area contributed by atoms with Crippen LogP contribution in [0.25, 0.3) is 11.3 Å². The van der Waals surface area contributed by atoms with Gasteiger partial charge in [-0.05, 0) is 25.0 Å². The largest absolute Gasteiger partial charge is 0.376 e. The van der Waals surface area contributed by atoms with E-state index in [1.807, 2.05) is 35.7 Å². The summed E-state index contributed by atoms with van der Waals surface area (Å²) in [6.07, 6.45) is 3.35. The first-order valence-electron chi connectivity index (χ1n) is 9.09. The summed E-state index contributed by atoms with van der Waals surface area (Å²) in [5.74, 6) is -1.31. The maximum absolute atomic E-state index is 14.0. The molecule has 4 rings (SSSR count). The van der Waals surface area contributed by atoms with Gasteiger partial charge in [0.15, 0.2) is 0 Å². The Morgan fingerprint density at radius 1 is 1.11 bits per heavy atom. The van der Waals surface area contributed by atoms with Crippen LogP contribution in [-0.2, 0) is 4.74 Å². The fourth-order valence-corrected chi connectivity index (χ4v) is 3.89. The molecular weight excluding hydrogens is 380 g/mol. The molecule has 28 heavy (non-hydrogen) atoms. The highest BCUT2D eigenvalue weighted by atomic mass is 32.1. The van der Waals surface area contributed by atoms with Crippen molar-refractivity contribution in [3.05, 3.63) is 75.9 Å². The maximum Gasteiger partial charge on any atom is 0.206 e. The summed E-state index contributed by atoms with van der Waals surface area (Å²) < 4.78 is 35.2. The van der Waals surface area contributed by atoms with Gasteiger partial charge in [-0.15, -0.1) is 11.3 Å². The van der Waals surface area contributed by atoms with E-state index >= 15 is 0 Å². The smallest absolute Gasteiger partial charge is 0.206 e. The number of hydrogen-bond donors (Lipinski definition) is 0. The van der Waals surface area contributed by atoms with Crippen molar-refractivity contribution in [1.29, 1.82) is 0 Å². The van der Waals surface area contributed by atoms with Crippen LogP contribution in [0.15, 0.2) is 64.0 Å². The Labute approximate surface area is 165 Å². The lowest BCUT2D eigenvalue weighted by Gasteiger charge is -2.06.